The van der Waals surface area contributed by atoms with E-state index < -0.39 is 5.60 Å². The summed E-state index contributed by atoms with van der Waals surface area (Å²) in [6.07, 6.45) is 7.53. The SMILES string of the molecule is CCOC(=O)CC(c1cncc(OCC)c1)n1ccc2cc(OCCc3ccc4c(n3)N(C(=O)OC(C)(C)C)CCC4)ccc21. The summed E-state index contributed by atoms with van der Waals surface area (Å²) in [7, 11) is 0. The highest BCUT2D eigenvalue weighted by molar-refractivity contribution is 5.88. The molecule has 1 amide bonds. The van der Waals surface area contributed by atoms with Crippen LogP contribution in [0.4, 0.5) is 10.6 Å². The van der Waals surface area contributed by atoms with E-state index in [0.29, 0.717) is 44.4 Å². The summed E-state index contributed by atoms with van der Waals surface area (Å²) in [5.41, 5.74) is 3.14. The molecule has 0 N–H and O–H groups in total. The van der Waals surface area contributed by atoms with Crippen molar-refractivity contribution < 1.29 is 28.5 Å². The number of carbonyl (C=O) groups is 2. The maximum atomic E-state index is 12.8. The van der Waals surface area contributed by atoms with Crippen LogP contribution in [0.15, 0.2) is 61.1 Å². The van der Waals surface area contributed by atoms with Crippen LogP contribution in [-0.2, 0) is 27.1 Å². The van der Waals surface area contributed by atoms with E-state index in [2.05, 4.69) is 15.6 Å². The van der Waals surface area contributed by atoms with Gasteiger partial charge >= 0.3 is 12.1 Å². The van der Waals surface area contributed by atoms with Crippen LogP contribution in [0, 0.1) is 0 Å². The fourth-order valence-corrected chi connectivity index (χ4v) is 5.51. The Hall–Kier alpha value is -4.60. The van der Waals surface area contributed by atoms with Crippen molar-refractivity contribution in [2.24, 2.45) is 0 Å². The predicted octanol–water partition coefficient (Wildman–Crippen LogP) is 6.68. The predicted molar refractivity (Wildman–Crippen MR) is 172 cm³/mol. The normalized spacial score (nSPS) is 13.7. The van der Waals surface area contributed by atoms with Crippen LogP contribution in [-0.4, -0.2) is 58.6 Å². The Morgan fingerprint density at radius 2 is 1.82 bits per heavy atom. The summed E-state index contributed by atoms with van der Waals surface area (Å²) in [6, 6.07) is 13.6. The second-order valence-electron chi connectivity index (χ2n) is 12.0. The van der Waals surface area contributed by atoms with Gasteiger partial charge in [-0.2, -0.15) is 0 Å². The first-order valence-corrected chi connectivity index (χ1v) is 15.6. The molecule has 1 aliphatic heterocycles. The van der Waals surface area contributed by atoms with Crippen molar-refractivity contribution in [1.82, 2.24) is 14.5 Å². The van der Waals surface area contributed by atoms with E-state index in [1.165, 1.54) is 0 Å². The Morgan fingerprint density at radius 1 is 0.978 bits per heavy atom. The van der Waals surface area contributed by atoms with Gasteiger partial charge in [0.1, 0.15) is 22.9 Å². The van der Waals surface area contributed by atoms with Gasteiger partial charge in [0.25, 0.3) is 0 Å². The van der Waals surface area contributed by atoms with Crippen LogP contribution in [0.25, 0.3) is 10.9 Å². The number of aromatic nitrogens is 3. The van der Waals surface area contributed by atoms with Crippen LogP contribution < -0.4 is 14.4 Å². The Bertz CT molecular complexity index is 1640. The van der Waals surface area contributed by atoms with Crippen LogP contribution in [0.3, 0.4) is 0 Å². The number of nitrogens with zero attached hydrogens (tertiary/aromatic N) is 4. The van der Waals surface area contributed by atoms with Crippen molar-refractivity contribution >= 4 is 28.8 Å². The molecule has 1 aromatic carbocycles. The first-order valence-electron chi connectivity index (χ1n) is 15.6. The Kier molecular flexibility index (Phi) is 9.90. The topological polar surface area (TPSA) is 105 Å². The maximum Gasteiger partial charge on any atom is 0.416 e. The van der Waals surface area contributed by atoms with Gasteiger partial charge in [0.15, 0.2) is 0 Å². The van der Waals surface area contributed by atoms with Gasteiger partial charge in [0.2, 0.25) is 0 Å². The van der Waals surface area contributed by atoms with Crippen molar-refractivity contribution in [2.45, 2.75) is 71.9 Å². The number of esters is 1. The van der Waals surface area contributed by atoms with Crippen LogP contribution in [0.5, 0.6) is 11.5 Å². The summed E-state index contributed by atoms with van der Waals surface area (Å²) in [5, 5.41) is 0.982. The van der Waals surface area contributed by atoms with Crippen molar-refractivity contribution in [2.75, 3.05) is 31.3 Å². The van der Waals surface area contributed by atoms with E-state index in [4.69, 9.17) is 23.9 Å². The number of rotatable bonds is 11. The van der Waals surface area contributed by atoms with E-state index >= 15 is 0 Å². The molecule has 1 unspecified atom stereocenters. The number of carbonyl (C=O) groups excluding carboxylic acids is 2. The second-order valence-corrected chi connectivity index (χ2v) is 12.0. The smallest absolute Gasteiger partial charge is 0.416 e. The first kappa shape index (κ1) is 31.8. The number of aryl methyl sites for hydroxylation is 1. The second kappa shape index (κ2) is 14.0. The fraction of sp³-hybridized carbons (Fsp3) is 0.429. The summed E-state index contributed by atoms with van der Waals surface area (Å²) in [6.45, 7) is 11.2. The highest BCUT2D eigenvalue weighted by Gasteiger charge is 2.28. The number of anilines is 1. The summed E-state index contributed by atoms with van der Waals surface area (Å²) >= 11 is 0. The molecule has 0 bridgehead atoms. The average molecular weight is 615 g/mol. The molecule has 1 atom stereocenters. The van der Waals surface area contributed by atoms with Crippen LogP contribution >= 0.6 is 0 Å². The van der Waals surface area contributed by atoms with Gasteiger partial charge in [0, 0.05) is 42.0 Å². The lowest BCUT2D eigenvalue weighted by atomic mass is 10.0. The molecule has 1 aliphatic rings. The van der Waals surface area contributed by atoms with Gasteiger partial charge < -0.3 is 23.5 Å². The molecule has 4 aromatic rings. The maximum absolute atomic E-state index is 12.8. The Balaban J connectivity index is 1.30. The lowest BCUT2D eigenvalue weighted by Crippen LogP contribution is -2.40. The molecule has 0 fully saturated rings. The average Bonchev–Trinajstić information content (AvgIpc) is 3.42. The third kappa shape index (κ3) is 7.92. The zero-order valence-corrected chi connectivity index (χ0v) is 26.7. The number of ether oxygens (including phenoxy) is 4. The zero-order chi connectivity index (χ0) is 32.0. The molecular formula is C35H42N4O6. The minimum Gasteiger partial charge on any atom is -0.493 e. The fourth-order valence-electron chi connectivity index (χ4n) is 5.51. The highest BCUT2D eigenvalue weighted by atomic mass is 16.6. The highest BCUT2D eigenvalue weighted by Crippen LogP contribution is 2.32. The van der Waals surface area contributed by atoms with Gasteiger partial charge in [-0.05, 0) is 95.0 Å². The molecule has 0 saturated carbocycles. The lowest BCUT2D eigenvalue weighted by Gasteiger charge is -2.31. The van der Waals surface area contributed by atoms with Crippen LogP contribution in [0.1, 0.15) is 70.3 Å². The van der Waals surface area contributed by atoms with Crippen molar-refractivity contribution in [3.05, 3.63) is 77.9 Å². The van der Waals surface area contributed by atoms with Gasteiger partial charge in [-0.3, -0.25) is 14.7 Å². The summed E-state index contributed by atoms with van der Waals surface area (Å²) < 4.78 is 24.8. The number of hydrogen-bond acceptors (Lipinski definition) is 8. The number of hydrogen-bond donors (Lipinski definition) is 0. The molecule has 238 valence electrons. The number of fused-ring (bicyclic) bond motifs is 2. The third-order valence-electron chi connectivity index (χ3n) is 7.46. The number of pyridine rings is 2. The molecule has 0 aliphatic carbocycles. The van der Waals surface area contributed by atoms with E-state index in [1.54, 1.807) is 24.2 Å². The van der Waals surface area contributed by atoms with E-state index in [1.807, 2.05) is 70.3 Å². The minimum atomic E-state index is -0.574. The zero-order valence-electron chi connectivity index (χ0n) is 26.7. The van der Waals surface area contributed by atoms with Crippen molar-refractivity contribution in [1.29, 1.82) is 0 Å². The molecule has 0 saturated heterocycles. The van der Waals surface area contributed by atoms with Crippen molar-refractivity contribution in [3.63, 3.8) is 0 Å². The van der Waals surface area contributed by atoms with E-state index in [-0.39, 0.29) is 24.5 Å². The standard InChI is InChI=1S/C35H42N4O6/c1-6-42-29-20-26(22-36-23-29)31(21-32(40)43-7-2)38-17-14-25-19-28(12-13-30(25)38)44-18-15-27-11-10-24-9-8-16-39(33(24)37-27)34(41)45-35(3,4)5/h10-14,17,19-20,22-23,31H,6-9,15-16,18,21H2,1-5H3. The quantitative estimate of drug-likeness (QED) is 0.172. The van der Waals surface area contributed by atoms with Gasteiger partial charge in [-0.15, -0.1) is 0 Å². The first-order chi connectivity index (χ1) is 21.6. The van der Waals surface area contributed by atoms with Gasteiger partial charge in [-0.1, -0.05) is 6.07 Å². The summed E-state index contributed by atoms with van der Waals surface area (Å²) in [5.74, 6) is 1.78. The number of benzene rings is 1. The molecule has 5 rings (SSSR count). The molecule has 3 aromatic heterocycles. The number of amides is 1. The monoisotopic (exact) mass is 614 g/mol. The van der Waals surface area contributed by atoms with E-state index in [0.717, 1.165) is 46.3 Å². The Labute approximate surface area is 264 Å². The molecule has 10 nitrogen and oxygen atoms in total. The van der Waals surface area contributed by atoms with Crippen molar-refractivity contribution in [3.8, 4) is 11.5 Å². The molecule has 0 spiro atoms. The Morgan fingerprint density at radius 3 is 2.60 bits per heavy atom. The van der Waals surface area contributed by atoms with E-state index in [9.17, 15) is 9.59 Å². The largest absolute Gasteiger partial charge is 0.493 e. The molecule has 0 radical (unpaired) electrons. The lowest BCUT2D eigenvalue weighted by molar-refractivity contribution is -0.143. The van der Waals surface area contributed by atoms with Gasteiger partial charge in [-0.25, -0.2) is 9.78 Å². The molecule has 45 heavy (non-hydrogen) atoms. The third-order valence-corrected chi connectivity index (χ3v) is 7.46. The molecule has 10 heteroatoms. The van der Waals surface area contributed by atoms with Crippen LogP contribution in [0.2, 0.25) is 0 Å². The summed E-state index contributed by atoms with van der Waals surface area (Å²) in [4.78, 5) is 36.3. The van der Waals surface area contributed by atoms with Gasteiger partial charge in [0.05, 0.1) is 38.5 Å². The minimum absolute atomic E-state index is 0.159. The molecule has 4 heterocycles. The molecular weight excluding hydrogens is 572 g/mol.